The van der Waals surface area contributed by atoms with Crippen molar-refractivity contribution in [2.24, 2.45) is 5.11 Å². The lowest BCUT2D eigenvalue weighted by Gasteiger charge is -2.19. The molecule has 0 spiro atoms. The van der Waals surface area contributed by atoms with E-state index in [1.54, 1.807) is 0 Å². The van der Waals surface area contributed by atoms with Crippen molar-refractivity contribution in [3.8, 4) is 0 Å². The van der Waals surface area contributed by atoms with Crippen molar-refractivity contribution < 1.29 is 47.2 Å². The van der Waals surface area contributed by atoms with Crippen molar-refractivity contribution in [3.05, 3.63) is 27.1 Å². The second-order valence-corrected chi connectivity index (χ2v) is 9.47. The molecule has 33 heavy (non-hydrogen) atoms. The Balaban J connectivity index is 1.66. The predicted molar refractivity (Wildman–Crippen MR) is 105 cm³/mol. The smallest absolute Gasteiger partial charge is 0.387 e. The number of nitrogen functional groups attached to an aromatic ring is 1. The molecular weight excluding hydrogens is 494 g/mol. The lowest BCUT2D eigenvalue weighted by molar-refractivity contribution is -0.0504. The molecule has 1 saturated heterocycles. The van der Waals surface area contributed by atoms with E-state index in [1.807, 2.05) is 0 Å². The van der Waals surface area contributed by atoms with Gasteiger partial charge in [-0.2, -0.15) is 9.29 Å². The minimum absolute atomic E-state index is 0.0654. The van der Waals surface area contributed by atoms with Gasteiger partial charge in [-0.1, -0.05) is 5.11 Å². The molecule has 1 aliphatic rings. The number of imidazole rings is 1. The summed E-state index contributed by atoms with van der Waals surface area (Å²) in [6.07, 6.45) is -4.95. The van der Waals surface area contributed by atoms with Crippen LogP contribution in [0.1, 0.15) is 6.23 Å². The van der Waals surface area contributed by atoms with Gasteiger partial charge in [0.25, 0.3) is 5.56 Å². The minimum atomic E-state index is -5.21. The van der Waals surface area contributed by atoms with E-state index >= 15 is 0 Å². The highest BCUT2D eigenvalue weighted by atomic mass is 31.3. The van der Waals surface area contributed by atoms with Crippen LogP contribution in [0.25, 0.3) is 21.6 Å². The Morgan fingerprint density at radius 2 is 2.00 bits per heavy atom. The lowest BCUT2D eigenvalue weighted by atomic mass is 10.1. The third-order valence-electron chi connectivity index (χ3n) is 4.18. The van der Waals surface area contributed by atoms with E-state index in [-0.39, 0.29) is 23.7 Å². The molecule has 2 aromatic rings. The van der Waals surface area contributed by atoms with Crippen molar-refractivity contribution in [1.82, 2.24) is 19.5 Å². The number of hydrogen-bond acceptors (Lipinski definition) is 13. The molecule has 0 saturated carbocycles. The zero-order valence-electron chi connectivity index (χ0n) is 16.3. The molecule has 0 bridgehead atoms. The van der Waals surface area contributed by atoms with E-state index in [2.05, 4.69) is 38.3 Å². The summed E-state index contributed by atoms with van der Waals surface area (Å²) in [6.45, 7) is -1.81. The highest BCUT2D eigenvalue weighted by Crippen LogP contribution is 2.60. The van der Waals surface area contributed by atoms with E-state index in [0.29, 0.717) is 0 Å². The molecule has 182 valence electrons. The first-order valence-electron chi connectivity index (χ1n) is 8.85. The topological polar surface area (TPSA) is 290 Å². The van der Waals surface area contributed by atoms with Crippen LogP contribution in [-0.2, 0) is 27.2 Å². The highest BCUT2D eigenvalue weighted by Gasteiger charge is 2.46. The molecule has 19 nitrogen and oxygen atoms in total. The minimum Gasteiger partial charge on any atom is -0.387 e. The number of fused-ring (bicyclic) bond motifs is 1. The van der Waals surface area contributed by atoms with Crippen molar-refractivity contribution >= 4 is 32.8 Å². The van der Waals surface area contributed by atoms with Gasteiger partial charge in [-0.15, -0.1) is 0 Å². The second kappa shape index (κ2) is 9.84. The van der Waals surface area contributed by atoms with Crippen LogP contribution < -0.4 is 11.3 Å². The Labute approximate surface area is 182 Å². The Morgan fingerprint density at radius 1 is 1.30 bits per heavy atom. The zero-order valence-corrected chi connectivity index (χ0v) is 18.1. The van der Waals surface area contributed by atoms with Crippen LogP contribution in [0, 0.1) is 0 Å². The van der Waals surface area contributed by atoms with Gasteiger partial charge in [0.05, 0.1) is 19.5 Å². The van der Waals surface area contributed by atoms with Crippen LogP contribution >= 0.6 is 15.6 Å². The molecule has 0 amide bonds. The van der Waals surface area contributed by atoms with E-state index < -0.39 is 59.0 Å². The first kappa shape index (κ1) is 25.2. The van der Waals surface area contributed by atoms with Gasteiger partial charge >= 0.3 is 15.6 Å². The fourth-order valence-corrected chi connectivity index (χ4v) is 4.88. The molecule has 1 fully saturated rings. The number of aliphatic hydroxyl groups is 2. The van der Waals surface area contributed by atoms with Crippen LogP contribution in [-0.4, -0.2) is 77.6 Å². The standard InChI is InChI=1S/C12H18N8O11P2/c13-12-17-9-6(10(23)18-12)15-4-20(9)11-8(22)7(21)5(30-11)3-29-33(26,27)31-32(24,25)28-2-1-16-19-14/h4-5,7-8,11,21-22H,1-3H2,(H,24,25)(H,26,27)(H3,13,17,18,23)/t5-,7?,8?,11-/m1/s1. The Hall–Kier alpha value is -2.40. The summed E-state index contributed by atoms with van der Waals surface area (Å²) in [6, 6.07) is 0. The number of phosphoric ester groups is 2. The van der Waals surface area contributed by atoms with Gasteiger partial charge in [-0.05, 0) is 5.53 Å². The maximum absolute atomic E-state index is 12.0. The Kier molecular flexibility index (Phi) is 7.52. The molecule has 0 aliphatic carbocycles. The van der Waals surface area contributed by atoms with Crippen LogP contribution in [0.3, 0.4) is 0 Å². The molecular formula is C12H18N8O11P2. The van der Waals surface area contributed by atoms with Crippen molar-refractivity contribution in [2.45, 2.75) is 24.5 Å². The molecule has 21 heteroatoms. The predicted octanol–water partition coefficient (Wildman–Crippen LogP) is -1.12. The van der Waals surface area contributed by atoms with Gasteiger partial charge in [0.15, 0.2) is 17.4 Å². The molecule has 0 aromatic carbocycles. The number of aromatic nitrogens is 4. The lowest BCUT2D eigenvalue weighted by Crippen LogP contribution is -2.33. The fraction of sp³-hybridized carbons (Fsp3) is 0.583. The van der Waals surface area contributed by atoms with Gasteiger partial charge in [0.1, 0.15) is 18.3 Å². The number of nitrogens with two attached hydrogens (primary N) is 1. The summed E-state index contributed by atoms with van der Waals surface area (Å²) in [5.74, 6) is -0.240. The summed E-state index contributed by atoms with van der Waals surface area (Å²) in [5.41, 5.74) is 12.8. The number of nitrogens with one attached hydrogen (secondary N) is 1. The number of H-pyrrole nitrogens is 1. The van der Waals surface area contributed by atoms with Gasteiger partial charge in [0.2, 0.25) is 5.95 Å². The van der Waals surface area contributed by atoms with Crippen LogP contribution in [0.5, 0.6) is 0 Å². The molecule has 2 aromatic heterocycles. The van der Waals surface area contributed by atoms with E-state index in [9.17, 15) is 33.9 Å². The second-order valence-electron chi connectivity index (χ2n) is 6.42. The first-order chi connectivity index (χ1) is 15.4. The summed E-state index contributed by atoms with van der Waals surface area (Å²) < 4.78 is 43.2. The van der Waals surface area contributed by atoms with Gasteiger partial charge in [-0.25, -0.2) is 14.1 Å². The number of aromatic amines is 1. The molecule has 3 rings (SSSR count). The third-order valence-corrected chi connectivity index (χ3v) is 6.81. The summed E-state index contributed by atoms with van der Waals surface area (Å²) in [5, 5.41) is 23.6. The van der Waals surface area contributed by atoms with Crippen molar-refractivity contribution in [1.29, 1.82) is 0 Å². The van der Waals surface area contributed by atoms with E-state index in [4.69, 9.17) is 16.0 Å². The van der Waals surface area contributed by atoms with Crippen LogP contribution in [0.15, 0.2) is 16.2 Å². The number of nitrogens with zero attached hydrogens (tertiary/aromatic N) is 6. The first-order valence-corrected chi connectivity index (χ1v) is 11.8. The van der Waals surface area contributed by atoms with Crippen molar-refractivity contribution in [2.75, 3.05) is 25.5 Å². The number of hydrogen-bond donors (Lipinski definition) is 6. The number of aliphatic hydroxyl groups excluding tert-OH is 2. The maximum Gasteiger partial charge on any atom is 0.481 e. The summed E-state index contributed by atoms with van der Waals surface area (Å²) >= 11 is 0. The maximum atomic E-state index is 12.0. The SMILES string of the molecule is [N-]=[N+]=NCCOP(=O)(O)OP(=O)(O)OC[C@H]1O[C@@H](n2cnc3c(=O)[nH]c(N)nc32)C(O)C1O. The molecule has 7 N–H and O–H groups in total. The molecule has 4 unspecified atom stereocenters. The number of ether oxygens (including phenoxy) is 1. The highest BCUT2D eigenvalue weighted by molar-refractivity contribution is 7.61. The van der Waals surface area contributed by atoms with Gasteiger partial charge in [-0.3, -0.25) is 23.4 Å². The Morgan fingerprint density at radius 3 is 2.70 bits per heavy atom. The normalized spacial score (nSPS) is 26.5. The van der Waals surface area contributed by atoms with Crippen molar-refractivity contribution in [3.63, 3.8) is 0 Å². The monoisotopic (exact) mass is 512 g/mol. The molecule has 0 radical (unpaired) electrons. The Bertz CT molecular complexity index is 1210. The summed E-state index contributed by atoms with van der Waals surface area (Å²) in [4.78, 5) is 43.3. The van der Waals surface area contributed by atoms with E-state index in [0.717, 1.165) is 10.9 Å². The number of azide groups is 1. The molecule has 3 heterocycles. The fourth-order valence-electron chi connectivity index (χ4n) is 2.81. The number of phosphoric acid groups is 2. The number of anilines is 1. The van der Waals surface area contributed by atoms with Crippen LogP contribution in [0.2, 0.25) is 0 Å². The van der Waals surface area contributed by atoms with E-state index in [1.165, 1.54) is 0 Å². The largest absolute Gasteiger partial charge is 0.481 e. The average molecular weight is 512 g/mol. The van der Waals surface area contributed by atoms with Gasteiger partial charge in [0, 0.05) is 11.5 Å². The quantitative estimate of drug-likeness (QED) is 0.0723. The molecule has 1 aliphatic heterocycles. The number of rotatable bonds is 10. The average Bonchev–Trinajstić information content (AvgIpc) is 3.25. The summed E-state index contributed by atoms with van der Waals surface area (Å²) in [7, 11) is -10.3. The zero-order chi connectivity index (χ0) is 24.4. The molecule has 6 atom stereocenters. The third kappa shape index (κ3) is 5.94. The van der Waals surface area contributed by atoms with Gasteiger partial charge < -0.3 is 30.5 Å². The van der Waals surface area contributed by atoms with Crippen LogP contribution in [0.4, 0.5) is 5.95 Å².